The molecule has 3 N–H and O–H groups in total. The summed E-state index contributed by atoms with van der Waals surface area (Å²) in [6.45, 7) is 6.14. The average molecular weight is 641 g/mol. The molecule has 14 nitrogen and oxygen atoms in total. The molecular weight excluding hydrogens is 600 g/mol. The summed E-state index contributed by atoms with van der Waals surface area (Å²) in [6.07, 6.45) is 9.66. The lowest BCUT2D eigenvalue weighted by Crippen LogP contribution is -2.42. The number of methoxy groups -OCH3 is 1. The molecule has 2 aliphatic carbocycles. The molecule has 14 heteroatoms. The molecule has 4 aromatic rings. The molecule has 0 saturated heterocycles. The number of alkyl carbamates (subject to hydrolysis) is 2. The van der Waals surface area contributed by atoms with Crippen LogP contribution in [0.4, 0.5) is 15.3 Å². The molecule has 0 bridgehead atoms. The van der Waals surface area contributed by atoms with Crippen molar-refractivity contribution < 1.29 is 19.1 Å². The van der Waals surface area contributed by atoms with Crippen LogP contribution in [-0.4, -0.2) is 73.1 Å². The number of ether oxygens (including phenoxy) is 2. The van der Waals surface area contributed by atoms with Gasteiger partial charge in [-0.2, -0.15) is 10.4 Å². The van der Waals surface area contributed by atoms with Gasteiger partial charge in [-0.3, -0.25) is 4.98 Å². The minimum absolute atomic E-state index is 0.0666. The number of carbonyl (C=O) groups excluding carboxylic acids is 2. The molecule has 0 aliphatic heterocycles. The van der Waals surface area contributed by atoms with Gasteiger partial charge in [0.2, 0.25) is 0 Å². The van der Waals surface area contributed by atoms with Crippen LogP contribution in [0.2, 0.25) is 0 Å². The summed E-state index contributed by atoms with van der Waals surface area (Å²) in [5, 5.41) is 32.3. The first-order valence-electron chi connectivity index (χ1n) is 16.0. The van der Waals surface area contributed by atoms with E-state index in [0.29, 0.717) is 23.7 Å². The van der Waals surface area contributed by atoms with Crippen molar-refractivity contribution in [3.05, 3.63) is 48.4 Å². The Bertz CT molecular complexity index is 1790. The number of hydrogen-bond donors (Lipinski definition) is 3. The molecule has 0 radical (unpaired) electrons. The summed E-state index contributed by atoms with van der Waals surface area (Å²) in [7, 11) is 1.36. The number of nitrogens with zero attached hydrogens (tertiary/aromatic N) is 7. The van der Waals surface area contributed by atoms with Gasteiger partial charge in [0.25, 0.3) is 0 Å². The van der Waals surface area contributed by atoms with E-state index in [4.69, 9.17) is 14.5 Å². The van der Waals surface area contributed by atoms with Gasteiger partial charge in [0.1, 0.15) is 17.4 Å². The van der Waals surface area contributed by atoms with E-state index in [9.17, 15) is 14.9 Å². The largest absolute Gasteiger partial charge is 0.453 e. The topological polar surface area (TPSA) is 173 Å². The predicted molar refractivity (Wildman–Crippen MR) is 173 cm³/mol. The number of rotatable bonds is 8. The molecule has 6 rings (SSSR count). The van der Waals surface area contributed by atoms with Gasteiger partial charge in [0.05, 0.1) is 48.0 Å². The van der Waals surface area contributed by atoms with E-state index in [1.54, 1.807) is 16.8 Å². The molecule has 2 amide bonds. The number of aromatic nitrogens is 6. The number of amides is 2. The molecule has 0 aromatic carbocycles. The first kappa shape index (κ1) is 31.8. The number of pyridine rings is 1. The first-order chi connectivity index (χ1) is 22.6. The van der Waals surface area contributed by atoms with E-state index in [2.05, 4.69) is 37.4 Å². The maximum atomic E-state index is 12.2. The highest BCUT2D eigenvalue weighted by molar-refractivity contribution is 5.79. The van der Waals surface area contributed by atoms with Crippen LogP contribution in [0.5, 0.6) is 0 Å². The van der Waals surface area contributed by atoms with E-state index < -0.39 is 11.7 Å². The third-order valence-corrected chi connectivity index (χ3v) is 8.69. The number of hydrogen-bond acceptors (Lipinski definition) is 10. The minimum atomic E-state index is -0.532. The summed E-state index contributed by atoms with van der Waals surface area (Å²) < 4.78 is 13.8. The zero-order valence-corrected chi connectivity index (χ0v) is 27.1. The SMILES string of the molecule is COC(=O)NCC1CC(Nc2cc(-c3ccc4cc(C#N)cnn34)ncc2-c2cn(C3CCC(NC(=O)OC(C)(C)C)CC3)nn2)C1. The van der Waals surface area contributed by atoms with E-state index in [1.165, 1.54) is 7.11 Å². The summed E-state index contributed by atoms with van der Waals surface area (Å²) in [4.78, 5) is 28.6. The number of nitriles is 1. The second-order valence-corrected chi connectivity index (χ2v) is 13.3. The smallest absolute Gasteiger partial charge is 0.407 e. The van der Waals surface area contributed by atoms with Crippen LogP contribution in [0.15, 0.2) is 42.9 Å². The molecule has 2 fully saturated rings. The lowest BCUT2D eigenvalue weighted by Gasteiger charge is -2.36. The molecule has 246 valence electrons. The number of carbonyl (C=O) groups is 2. The normalized spacial score (nSPS) is 20.9. The van der Waals surface area contributed by atoms with Gasteiger partial charge in [-0.25, -0.2) is 18.8 Å². The second kappa shape index (κ2) is 13.3. The molecule has 4 aromatic heterocycles. The maximum absolute atomic E-state index is 12.2. The van der Waals surface area contributed by atoms with Crippen molar-refractivity contribution >= 4 is 23.4 Å². The van der Waals surface area contributed by atoms with Crippen molar-refractivity contribution in [2.45, 2.75) is 83.0 Å². The Morgan fingerprint density at radius 2 is 1.83 bits per heavy atom. The maximum Gasteiger partial charge on any atom is 0.407 e. The van der Waals surface area contributed by atoms with E-state index in [0.717, 1.165) is 66.7 Å². The number of nitrogens with one attached hydrogen (secondary N) is 3. The summed E-state index contributed by atoms with van der Waals surface area (Å²) >= 11 is 0. The molecule has 2 aliphatic rings. The van der Waals surface area contributed by atoms with Crippen LogP contribution in [0.25, 0.3) is 28.2 Å². The fourth-order valence-electron chi connectivity index (χ4n) is 6.25. The Labute approximate surface area is 272 Å². The van der Waals surface area contributed by atoms with Crippen molar-refractivity contribution in [3.8, 4) is 28.7 Å². The van der Waals surface area contributed by atoms with Crippen molar-refractivity contribution in [1.82, 2.24) is 40.2 Å². The Morgan fingerprint density at radius 1 is 1.04 bits per heavy atom. The van der Waals surface area contributed by atoms with Crippen LogP contribution >= 0.6 is 0 Å². The third-order valence-electron chi connectivity index (χ3n) is 8.69. The molecular formula is C33H40N10O4. The monoisotopic (exact) mass is 640 g/mol. The molecule has 4 heterocycles. The van der Waals surface area contributed by atoms with Gasteiger partial charge in [-0.15, -0.1) is 5.10 Å². The van der Waals surface area contributed by atoms with Crippen LogP contribution in [0.3, 0.4) is 0 Å². The van der Waals surface area contributed by atoms with Crippen molar-refractivity contribution in [2.75, 3.05) is 19.0 Å². The van der Waals surface area contributed by atoms with Crippen LogP contribution in [0.1, 0.15) is 70.9 Å². The van der Waals surface area contributed by atoms with E-state index in [1.807, 2.05) is 56.0 Å². The molecule has 0 unspecified atom stereocenters. The highest BCUT2D eigenvalue weighted by atomic mass is 16.6. The Balaban J connectivity index is 1.19. The average Bonchev–Trinajstić information content (AvgIpc) is 3.69. The van der Waals surface area contributed by atoms with Crippen LogP contribution in [-0.2, 0) is 9.47 Å². The molecule has 2 saturated carbocycles. The van der Waals surface area contributed by atoms with Crippen molar-refractivity contribution in [2.24, 2.45) is 5.92 Å². The first-order valence-corrected chi connectivity index (χ1v) is 16.0. The quantitative estimate of drug-likeness (QED) is 0.236. The Kier molecular flexibility index (Phi) is 8.97. The molecule has 47 heavy (non-hydrogen) atoms. The number of fused-ring (bicyclic) bond motifs is 1. The second-order valence-electron chi connectivity index (χ2n) is 13.3. The highest BCUT2D eigenvalue weighted by Crippen LogP contribution is 2.36. The molecule has 0 spiro atoms. The fraction of sp³-hybridized carbons (Fsp3) is 0.485. The van der Waals surface area contributed by atoms with Gasteiger partial charge in [-0.1, -0.05) is 5.21 Å². The Hall–Kier alpha value is -5.19. The summed E-state index contributed by atoms with van der Waals surface area (Å²) in [5.74, 6) is 0.352. The van der Waals surface area contributed by atoms with Gasteiger partial charge in [0, 0.05) is 36.1 Å². The van der Waals surface area contributed by atoms with Gasteiger partial charge in [0.15, 0.2) is 0 Å². The zero-order valence-electron chi connectivity index (χ0n) is 27.1. The van der Waals surface area contributed by atoms with Crippen molar-refractivity contribution in [3.63, 3.8) is 0 Å². The van der Waals surface area contributed by atoms with Gasteiger partial charge < -0.3 is 25.4 Å². The van der Waals surface area contributed by atoms with Gasteiger partial charge >= 0.3 is 12.2 Å². The molecule has 0 atom stereocenters. The summed E-state index contributed by atoms with van der Waals surface area (Å²) in [6, 6.07) is 10.2. The highest BCUT2D eigenvalue weighted by Gasteiger charge is 2.31. The standard InChI is InChI=1S/C33H40N10O4/c1-33(2,3)47-32(45)39-22-5-7-24(8-6-22)42-19-29(40-41-42)26-18-35-28(30-10-9-25-13-21(15-34)17-37-43(25)30)14-27(26)38-23-11-20(12-23)16-36-31(44)46-4/h9-10,13-14,17-20,22-24H,5-8,11-12,16H2,1-4H3,(H,35,38)(H,36,44)(H,39,45). The third kappa shape index (κ3) is 7.45. The predicted octanol–water partition coefficient (Wildman–Crippen LogP) is 5.08. The van der Waals surface area contributed by atoms with Crippen LogP contribution < -0.4 is 16.0 Å². The minimum Gasteiger partial charge on any atom is -0.453 e. The van der Waals surface area contributed by atoms with Gasteiger partial charge in [-0.05, 0) is 89.5 Å². The van der Waals surface area contributed by atoms with Crippen molar-refractivity contribution in [1.29, 1.82) is 5.26 Å². The zero-order chi connectivity index (χ0) is 33.1. The number of anilines is 1. The lowest BCUT2D eigenvalue weighted by molar-refractivity contribution is 0.0487. The lowest BCUT2D eigenvalue weighted by atomic mass is 9.80. The van der Waals surface area contributed by atoms with E-state index in [-0.39, 0.29) is 24.2 Å². The van der Waals surface area contributed by atoms with Crippen LogP contribution in [0, 0.1) is 17.2 Å². The Morgan fingerprint density at radius 3 is 2.55 bits per heavy atom. The summed E-state index contributed by atoms with van der Waals surface area (Å²) in [5.41, 5.74) is 4.70. The fourth-order valence-corrected chi connectivity index (χ4v) is 6.25. The van der Waals surface area contributed by atoms with E-state index >= 15 is 0 Å².